The smallest absolute Gasteiger partial charge is 0.394 e. The first-order chi connectivity index (χ1) is 20.6. The van der Waals surface area contributed by atoms with E-state index >= 15 is 0 Å². The molecule has 0 heterocycles. The van der Waals surface area contributed by atoms with Crippen LogP contribution in [0.1, 0.15) is 51.7 Å². The number of aromatic hydroxyl groups is 1. The Labute approximate surface area is 261 Å². The van der Waals surface area contributed by atoms with Crippen molar-refractivity contribution in [3.63, 3.8) is 0 Å². The molecular weight excluding hydrogens is 612 g/mol. The number of anilines is 2. The van der Waals surface area contributed by atoms with Gasteiger partial charge in [0.1, 0.15) is 22.8 Å². The van der Waals surface area contributed by atoms with E-state index in [4.69, 9.17) is 29.0 Å². The van der Waals surface area contributed by atoms with Crippen molar-refractivity contribution in [2.75, 3.05) is 31.3 Å². The molecule has 0 bridgehead atoms. The topological polar surface area (TPSA) is 265 Å². The lowest BCUT2D eigenvalue weighted by molar-refractivity contribution is -0.153. The van der Waals surface area contributed by atoms with E-state index in [2.05, 4.69) is 32.6 Å². The number of carbonyl (C=O) groups is 3. The maximum atomic E-state index is 14.0. The van der Waals surface area contributed by atoms with Crippen LogP contribution >= 0.6 is 0 Å². The van der Waals surface area contributed by atoms with Gasteiger partial charge in [-0.25, -0.2) is 0 Å². The number of benzene rings is 1. The van der Waals surface area contributed by atoms with Gasteiger partial charge in [-0.05, 0) is 63.7 Å². The van der Waals surface area contributed by atoms with E-state index < -0.39 is 68.4 Å². The lowest BCUT2D eigenvalue weighted by Gasteiger charge is -2.50. The van der Waals surface area contributed by atoms with Crippen molar-refractivity contribution < 1.29 is 52.3 Å². The van der Waals surface area contributed by atoms with Crippen LogP contribution in [0.25, 0.3) is 5.76 Å². The number of aliphatic hydroxyl groups is 3. The number of Topliss-reactive ketones (excluding diaryl/α,β-unsaturated/α-hetero) is 2. The highest BCUT2D eigenvalue weighted by Gasteiger charge is 2.64. The molecule has 10 N–H and O–H groups in total. The number of primary amides is 1. The number of nitrogens with zero attached hydrogens (tertiary/aromatic N) is 2. The molecule has 0 spiro atoms. The van der Waals surface area contributed by atoms with Gasteiger partial charge in [-0.15, -0.1) is 0 Å². The summed E-state index contributed by atoms with van der Waals surface area (Å²) < 4.78 is 31.6. The molecule has 3 aliphatic rings. The van der Waals surface area contributed by atoms with E-state index in [-0.39, 0.29) is 47.4 Å². The number of amides is 1. The molecule has 45 heavy (non-hydrogen) atoms. The molecule has 3 unspecified atom stereocenters. The highest BCUT2D eigenvalue weighted by Crippen LogP contribution is 2.54. The van der Waals surface area contributed by atoms with E-state index in [9.17, 15) is 34.8 Å². The average Bonchev–Trinajstić information content (AvgIpc) is 2.89. The Morgan fingerprint density at radius 2 is 1.69 bits per heavy atom. The largest absolute Gasteiger partial charge is 0.508 e. The molecule has 1 aromatic carbocycles. The van der Waals surface area contributed by atoms with E-state index in [1.54, 1.807) is 20.2 Å². The van der Waals surface area contributed by atoms with Crippen LogP contribution in [0.3, 0.4) is 0 Å². The van der Waals surface area contributed by atoms with E-state index in [1.165, 1.54) is 4.90 Å². The number of nitrogen functional groups attached to an aromatic ring is 1. The number of nitrogens with two attached hydrogens (primary N) is 2. The average molecular weight is 655 g/mol. The fourth-order valence-corrected chi connectivity index (χ4v) is 6.70. The second kappa shape index (κ2) is 12.6. The summed E-state index contributed by atoms with van der Waals surface area (Å²) in [5.41, 5.74) is 9.24. The lowest BCUT2D eigenvalue weighted by Crippen LogP contribution is -2.65. The van der Waals surface area contributed by atoms with Gasteiger partial charge < -0.3 is 36.8 Å². The summed E-state index contributed by atoms with van der Waals surface area (Å²) in [5.74, 6) is -6.63. The van der Waals surface area contributed by atoms with Crippen molar-refractivity contribution in [1.82, 2.24) is 4.90 Å². The summed E-state index contributed by atoms with van der Waals surface area (Å²) in [7, 11) is -1.52. The Balaban J connectivity index is 0.00000102. The third-order valence-electron chi connectivity index (χ3n) is 8.72. The summed E-state index contributed by atoms with van der Waals surface area (Å²) in [6, 6.07) is 0.654. The van der Waals surface area contributed by atoms with Crippen LogP contribution in [-0.4, -0.2) is 98.6 Å². The lowest BCUT2D eigenvalue weighted by atomic mass is 9.57. The normalized spacial score (nSPS) is 25.4. The molecule has 0 radical (unpaired) electrons. The molecule has 1 amide bonds. The van der Waals surface area contributed by atoms with Crippen LogP contribution < -0.4 is 16.4 Å². The summed E-state index contributed by atoms with van der Waals surface area (Å²) in [6.45, 7) is 8.99. The Bertz CT molecular complexity index is 1580. The minimum atomic E-state index is -4.67. The minimum Gasteiger partial charge on any atom is -0.508 e. The van der Waals surface area contributed by atoms with E-state index in [1.807, 2.05) is 0 Å². The standard InChI is InChI=1S/C29H40N4O7.H2O4S/c1-7-13(4)33(11-12(2)3)18-10-17(30)23(34)20-15(18)8-14-9-16-22(32(5)6)25(36)21(28(31)39)27(38)29(16,40)26(37)19(14)24(20)35;1-5(2,3)4/h10,12-14,16,22,34-35,38,40H,7-9,11,30H2,1-6H3,(H2,31,39);(H2,1,2,3,4)/t13?,14?,16?,22-,29-;/m0./s1. The highest BCUT2D eigenvalue weighted by atomic mass is 32.3. The van der Waals surface area contributed by atoms with Gasteiger partial charge in [0.2, 0.25) is 5.78 Å². The number of hydrogen-bond donors (Lipinski definition) is 8. The molecule has 1 fully saturated rings. The van der Waals surface area contributed by atoms with Gasteiger partial charge in [-0.1, -0.05) is 20.8 Å². The zero-order chi connectivity index (χ0) is 34.5. The Morgan fingerprint density at radius 3 is 2.16 bits per heavy atom. The fraction of sp³-hybridized carbons (Fsp3) is 0.552. The van der Waals surface area contributed by atoms with Crippen LogP contribution in [0.15, 0.2) is 23.0 Å². The Kier molecular flexibility index (Phi) is 10.0. The molecule has 4 rings (SSSR count). The predicted molar refractivity (Wildman–Crippen MR) is 165 cm³/mol. The summed E-state index contributed by atoms with van der Waals surface area (Å²) in [6.07, 6.45) is 1.07. The van der Waals surface area contributed by atoms with Crippen molar-refractivity contribution in [2.45, 2.75) is 64.6 Å². The maximum Gasteiger partial charge on any atom is 0.394 e. The van der Waals surface area contributed by atoms with Gasteiger partial charge >= 0.3 is 10.4 Å². The Morgan fingerprint density at radius 1 is 1.13 bits per heavy atom. The number of carbonyl (C=O) groups excluding carboxylic acids is 3. The number of hydrogen-bond acceptors (Lipinski definition) is 12. The number of aliphatic hydroxyl groups excluding tert-OH is 2. The van der Waals surface area contributed by atoms with E-state index in [0.717, 1.165) is 12.1 Å². The number of fused-ring (bicyclic) bond motifs is 3. The second-order valence-electron chi connectivity index (χ2n) is 12.4. The molecule has 15 nitrogen and oxygen atoms in total. The van der Waals surface area contributed by atoms with Gasteiger partial charge in [0, 0.05) is 29.8 Å². The molecule has 5 atom stereocenters. The van der Waals surface area contributed by atoms with Crippen molar-refractivity contribution in [3.05, 3.63) is 34.1 Å². The molecule has 16 heteroatoms. The minimum absolute atomic E-state index is 0.00310. The molecule has 3 aliphatic carbocycles. The summed E-state index contributed by atoms with van der Waals surface area (Å²) in [4.78, 5) is 43.1. The molecule has 0 aliphatic heterocycles. The number of rotatable bonds is 7. The van der Waals surface area contributed by atoms with Crippen LogP contribution in [0.4, 0.5) is 11.4 Å². The van der Waals surface area contributed by atoms with Crippen molar-refractivity contribution >= 4 is 45.0 Å². The van der Waals surface area contributed by atoms with Gasteiger partial charge in [0.15, 0.2) is 11.4 Å². The van der Waals surface area contributed by atoms with Crippen LogP contribution in [0.5, 0.6) is 5.75 Å². The van der Waals surface area contributed by atoms with Crippen LogP contribution in [0.2, 0.25) is 0 Å². The Hall–Kier alpha value is -3.70. The zero-order valence-corrected chi connectivity index (χ0v) is 26.8. The van der Waals surface area contributed by atoms with Crippen molar-refractivity contribution in [3.8, 4) is 5.75 Å². The summed E-state index contributed by atoms with van der Waals surface area (Å²) in [5, 5.41) is 45.3. The van der Waals surface area contributed by atoms with Crippen molar-refractivity contribution in [2.24, 2.45) is 23.5 Å². The molecule has 0 saturated heterocycles. The maximum absolute atomic E-state index is 14.0. The van der Waals surface area contributed by atoms with Gasteiger partial charge in [0.25, 0.3) is 5.91 Å². The molecular formula is C29H42N4O11S. The molecule has 0 aromatic heterocycles. The number of likely N-dealkylation sites (N-methyl/N-ethyl adjacent to an activating group) is 1. The monoisotopic (exact) mass is 654 g/mol. The van der Waals surface area contributed by atoms with Gasteiger partial charge in [-0.2, -0.15) is 8.42 Å². The van der Waals surface area contributed by atoms with Gasteiger partial charge in [0.05, 0.1) is 17.3 Å². The third-order valence-corrected chi connectivity index (χ3v) is 8.72. The first-order valence-electron chi connectivity index (χ1n) is 14.3. The van der Waals surface area contributed by atoms with Crippen LogP contribution in [-0.2, 0) is 31.2 Å². The number of phenolic OH excluding ortho intramolecular Hbond substituents is 1. The SMILES string of the molecule is CCC(C)N(CC(C)C)c1cc(N)c(O)c2c1CC1CC3[C@H](N(C)C)C(=O)C(C(N)=O)=C(O)[C@@]3(O)C(=O)C1=C2O.O=S(=O)(O)O. The molecule has 1 aromatic rings. The van der Waals surface area contributed by atoms with E-state index in [0.29, 0.717) is 12.1 Å². The summed E-state index contributed by atoms with van der Waals surface area (Å²) >= 11 is 0. The number of ketones is 2. The fourth-order valence-electron chi connectivity index (χ4n) is 6.70. The highest BCUT2D eigenvalue weighted by molar-refractivity contribution is 7.79. The zero-order valence-electron chi connectivity index (χ0n) is 26.0. The van der Waals surface area contributed by atoms with Gasteiger partial charge in [-0.3, -0.25) is 28.4 Å². The predicted octanol–water partition coefficient (Wildman–Crippen LogP) is 1.15. The number of phenols is 1. The third kappa shape index (κ3) is 6.37. The van der Waals surface area contributed by atoms with Crippen LogP contribution in [0, 0.1) is 17.8 Å². The second-order valence-corrected chi connectivity index (χ2v) is 13.3. The quantitative estimate of drug-likeness (QED) is 0.0887. The molecule has 1 saturated carbocycles. The van der Waals surface area contributed by atoms with Crippen molar-refractivity contribution in [1.29, 1.82) is 0 Å². The molecule has 250 valence electrons. The first-order valence-corrected chi connectivity index (χ1v) is 15.7. The first kappa shape index (κ1) is 35.8.